The third kappa shape index (κ3) is 3.30. The molecule has 0 aliphatic heterocycles. The Balaban J connectivity index is 2.36. The lowest BCUT2D eigenvalue weighted by Crippen LogP contribution is -2.08. The van der Waals surface area contributed by atoms with Crippen LogP contribution in [0, 0.1) is 18.3 Å². The molecule has 5 heteroatoms. The second-order valence-corrected chi connectivity index (χ2v) is 6.46. The van der Waals surface area contributed by atoms with E-state index in [4.69, 9.17) is 10.5 Å². The fraction of sp³-hybridized carbons (Fsp3) is 0.182. The summed E-state index contributed by atoms with van der Waals surface area (Å²) in [5.74, 6) is 0.961. The van der Waals surface area contributed by atoms with Crippen LogP contribution in [-0.4, -0.2) is 26.2 Å². The summed E-state index contributed by atoms with van der Waals surface area (Å²) in [6.45, 7) is 1.90. The van der Waals surface area contributed by atoms with E-state index in [0.29, 0.717) is 5.56 Å². The van der Waals surface area contributed by atoms with E-state index in [-0.39, 0.29) is 5.82 Å². The number of aryl methyl sites for hydroxylation is 1. The van der Waals surface area contributed by atoms with Gasteiger partial charge in [-0.15, -0.1) is 0 Å². The van der Waals surface area contributed by atoms with Crippen molar-refractivity contribution in [1.82, 2.24) is 4.98 Å². The van der Waals surface area contributed by atoms with Crippen LogP contribution in [0.3, 0.4) is 0 Å². The van der Waals surface area contributed by atoms with E-state index in [1.54, 1.807) is 7.11 Å². The van der Waals surface area contributed by atoms with Crippen LogP contribution in [0.4, 0.5) is 11.5 Å². The highest BCUT2D eigenvalue weighted by molar-refractivity contribution is 5.93. The number of para-hydroxylation sites is 1. The van der Waals surface area contributed by atoms with Gasteiger partial charge in [-0.05, 0) is 30.7 Å². The Morgan fingerprint density at radius 3 is 2.30 bits per heavy atom. The van der Waals surface area contributed by atoms with Crippen LogP contribution in [0.1, 0.15) is 11.3 Å². The number of rotatable bonds is 4. The number of nitrogen functional groups attached to an aromatic ring is 1. The number of aromatic nitrogens is 1. The number of methoxy groups -OCH3 is 1. The zero-order chi connectivity index (χ0) is 19.6. The molecule has 0 radical (unpaired) electrons. The third-order valence-electron chi connectivity index (χ3n) is 4.57. The van der Waals surface area contributed by atoms with E-state index in [1.165, 1.54) is 0 Å². The van der Waals surface area contributed by atoms with E-state index in [1.807, 2.05) is 74.4 Å². The molecular formula is C22H22N4O. The second kappa shape index (κ2) is 7.38. The summed E-state index contributed by atoms with van der Waals surface area (Å²) in [6, 6.07) is 18.0. The smallest absolute Gasteiger partial charge is 0.142 e. The molecule has 0 saturated carbocycles. The first kappa shape index (κ1) is 18.3. The van der Waals surface area contributed by atoms with E-state index < -0.39 is 0 Å². The van der Waals surface area contributed by atoms with Crippen LogP contribution >= 0.6 is 0 Å². The van der Waals surface area contributed by atoms with Gasteiger partial charge < -0.3 is 15.4 Å². The van der Waals surface area contributed by atoms with E-state index in [2.05, 4.69) is 11.1 Å². The van der Waals surface area contributed by atoms with Gasteiger partial charge in [0.05, 0.1) is 7.11 Å². The summed E-state index contributed by atoms with van der Waals surface area (Å²) in [7, 11) is 5.62. The summed E-state index contributed by atoms with van der Waals surface area (Å²) < 4.78 is 5.55. The standard InChI is InChI=1S/C22H22N4O/c1-14-20(17-7-5-6-8-19(17)27-4)21(18(13-23)22(24)25-14)15-9-11-16(12-10-15)26(2)3/h5-12H,1-4H3,(H2,24,25). The van der Waals surface area contributed by atoms with E-state index >= 15 is 0 Å². The van der Waals surface area contributed by atoms with Gasteiger partial charge in [0.25, 0.3) is 0 Å². The molecule has 0 aliphatic carbocycles. The molecule has 0 saturated heterocycles. The Labute approximate surface area is 159 Å². The molecule has 0 fully saturated rings. The van der Waals surface area contributed by atoms with Crippen LogP contribution in [0.25, 0.3) is 22.3 Å². The number of anilines is 2. The maximum absolute atomic E-state index is 9.78. The minimum Gasteiger partial charge on any atom is -0.496 e. The molecule has 27 heavy (non-hydrogen) atoms. The van der Waals surface area contributed by atoms with Gasteiger partial charge in [0.15, 0.2) is 0 Å². The van der Waals surface area contributed by atoms with Gasteiger partial charge in [-0.1, -0.05) is 30.3 Å². The molecular weight excluding hydrogens is 336 g/mol. The number of hydrogen-bond acceptors (Lipinski definition) is 5. The molecule has 5 nitrogen and oxygen atoms in total. The maximum Gasteiger partial charge on any atom is 0.142 e. The average molecular weight is 358 g/mol. The van der Waals surface area contributed by atoms with Gasteiger partial charge in [-0.25, -0.2) is 4.98 Å². The highest BCUT2D eigenvalue weighted by atomic mass is 16.5. The van der Waals surface area contributed by atoms with Gasteiger partial charge in [-0.2, -0.15) is 5.26 Å². The van der Waals surface area contributed by atoms with Crippen LogP contribution in [0.5, 0.6) is 5.75 Å². The van der Waals surface area contributed by atoms with Crippen molar-refractivity contribution in [3.63, 3.8) is 0 Å². The molecule has 0 amide bonds. The lowest BCUT2D eigenvalue weighted by atomic mass is 9.89. The first-order valence-corrected chi connectivity index (χ1v) is 8.59. The Bertz CT molecular complexity index is 1020. The number of nitriles is 1. The van der Waals surface area contributed by atoms with E-state index in [0.717, 1.165) is 39.4 Å². The van der Waals surface area contributed by atoms with Crippen molar-refractivity contribution in [1.29, 1.82) is 5.26 Å². The number of nitrogens with two attached hydrogens (primary N) is 1. The Hall–Kier alpha value is -3.52. The number of pyridine rings is 1. The molecule has 0 atom stereocenters. The van der Waals surface area contributed by atoms with Crippen LogP contribution < -0.4 is 15.4 Å². The fourth-order valence-electron chi connectivity index (χ4n) is 3.24. The first-order valence-electron chi connectivity index (χ1n) is 8.59. The van der Waals surface area contributed by atoms with Crippen molar-refractivity contribution in [2.24, 2.45) is 0 Å². The predicted octanol–water partition coefficient (Wildman–Crippen LogP) is 4.25. The van der Waals surface area contributed by atoms with Crippen molar-refractivity contribution in [3.8, 4) is 34.1 Å². The number of nitrogens with zero attached hydrogens (tertiary/aromatic N) is 3. The number of ether oxygens (including phenoxy) is 1. The van der Waals surface area contributed by atoms with Crippen LogP contribution in [0.2, 0.25) is 0 Å². The predicted molar refractivity (Wildman–Crippen MR) is 110 cm³/mol. The Morgan fingerprint density at radius 2 is 1.70 bits per heavy atom. The normalized spacial score (nSPS) is 10.3. The summed E-state index contributed by atoms with van der Waals surface area (Å²) in [5, 5.41) is 9.78. The summed E-state index contributed by atoms with van der Waals surface area (Å²) in [5.41, 5.74) is 11.7. The minimum absolute atomic E-state index is 0.236. The lowest BCUT2D eigenvalue weighted by molar-refractivity contribution is 0.416. The number of benzene rings is 2. The summed E-state index contributed by atoms with van der Waals surface area (Å²) in [6.07, 6.45) is 0. The maximum atomic E-state index is 9.78. The zero-order valence-corrected chi connectivity index (χ0v) is 15.9. The molecule has 1 aromatic heterocycles. The molecule has 0 unspecified atom stereocenters. The van der Waals surface area contributed by atoms with Gasteiger partial charge in [0.1, 0.15) is 23.2 Å². The van der Waals surface area contributed by atoms with Crippen molar-refractivity contribution in [3.05, 3.63) is 59.8 Å². The van der Waals surface area contributed by atoms with Crippen LogP contribution in [-0.2, 0) is 0 Å². The molecule has 3 rings (SSSR count). The first-order chi connectivity index (χ1) is 13.0. The molecule has 1 heterocycles. The second-order valence-electron chi connectivity index (χ2n) is 6.46. The van der Waals surface area contributed by atoms with Gasteiger partial charge in [0.2, 0.25) is 0 Å². The number of hydrogen-bond donors (Lipinski definition) is 1. The SMILES string of the molecule is COc1ccccc1-c1c(C)nc(N)c(C#N)c1-c1ccc(N(C)C)cc1. The molecule has 0 bridgehead atoms. The summed E-state index contributed by atoms with van der Waals surface area (Å²) >= 11 is 0. The summed E-state index contributed by atoms with van der Waals surface area (Å²) in [4.78, 5) is 6.45. The minimum atomic E-state index is 0.236. The van der Waals surface area contributed by atoms with Crippen molar-refractivity contribution >= 4 is 11.5 Å². The molecule has 0 spiro atoms. The monoisotopic (exact) mass is 358 g/mol. The van der Waals surface area contributed by atoms with Gasteiger partial charge in [0, 0.05) is 42.2 Å². The molecule has 2 N–H and O–H groups in total. The van der Waals surface area contributed by atoms with Gasteiger partial charge in [-0.3, -0.25) is 0 Å². The highest BCUT2D eigenvalue weighted by Gasteiger charge is 2.21. The molecule has 2 aromatic carbocycles. The van der Waals surface area contributed by atoms with Crippen molar-refractivity contribution in [2.45, 2.75) is 6.92 Å². The van der Waals surface area contributed by atoms with Gasteiger partial charge >= 0.3 is 0 Å². The van der Waals surface area contributed by atoms with Crippen LogP contribution in [0.15, 0.2) is 48.5 Å². The lowest BCUT2D eigenvalue weighted by Gasteiger charge is -2.19. The average Bonchev–Trinajstić information content (AvgIpc) is 2.67. The van der Waals surface area contributed by atoms with Crippen molar-refractivity contribution < 1.29 is 4.74 Å². The molecule has 136 valence electrons. The topological polar surface area (TPSA) is 75.2 Å². The zero-order valence-electron chi connectivity index (χ0n) is 15.9. The highest BCUT2D eigenvalue weighted by Crippen LogP contribution is 2.42. The third-order valence-corrected chi connectivity index (χ3v) is 4.57. The quantitative estimate of drug-likeness (QED) is 0.754. The Kier molecular flexibility index (Phi) is 5.00. The largest absolute Gasteiger partial charge is 0.496 e. The fourth-order valence-corrected chi connectivity index (χ4v) is 3.24. The molecule has 0 aliphatic rings. The Morgan fingerprint density at radius 1 is 1.04 bits per heavy atom. The van der Waals surface area contributed by atoms with Crippen molar-refractivity contribution in [2.75, 3.05) is 31.8 Å². The van der Waals surface area contributed by atoms with E-state index in [9.17, 15) is 5.26 Å². The molecule has 3 aromatic rings.